The first kappa shape index (κ1) is 12.5. The van der Waals surface area contributed by atoms with E-state index in [1.165, 1.54) is 5.56 Å². The molecule has 1 aliphatic carbocycles. The summed E-state index contributed by atoms with van der Waals surface area (Å²) < 4.78 is 6.97. The first-order chi connectivity index (χ1) is 8.54. The molecule has 3 rings (SSSR count). The van der Waals surface area contributed by atoms with Crippen molar-refractivity contribution in [2.45, 2.75) is 30.9 Å². The molecule has 0 atom stereocenters. The summed E-state index contributed by atoms with van der Waals surface area (Å²) in [5, 5.41) is 0. The maximum atomic E-state index is 6.14. The van der Waals surface area contributed by atoms with Crippen molar-refractivity contribution in [3.8, 4) is 5.75 Å². The Morgan fingerprint density at radius 2 is 2.17 bits per heavy atom. The predicted octanol–water partition coefficient (Wildman–Crippen LogP) is 2.18. The predicted molar refractivity (Wildman–Crippen MR) is 75.9 cm³/mol. The number of halogens is 1. The highest BCUT2D eigenvalue weighted by molar-refractivity contribution is 9.10. The zero-order valence-electron chi connectivity index (χ0n) is 10.7. The summed E-state index contributed by atoms with van der Waals surface area (Å²) in [6, 6.07) is 6.34. The second-order valence-electron chi connectivity index (χ2n) is 5.76. The first-order valence-electron chi connectivity index (χ1n) is 6.47. The quantitative estimate of drug-likeness (QED) is 0.926. The van der Waals surface area contributed by atoms with E-state index in [1.807, 2.05) is 0 Å². The summed E-state index contributed by atoms with van der Waals surface area (Å²) >= 11 is 3.59. The van der Waals surface area contributed by atoms with Crippen molar-refractivity contribution in [2.75, 3.05) is 20.1 Å². The average molecular weight is 311 g/mol. The zero-order chi connectivity index (χ0) is 12.8. The molecule has 98 valence electrons. The van der Waals surface area contributed by atoms with Gasteiger partial charge in [-0.1, -0.05) is 6.07 Å². The summed E-state index contributed by atoms with van der Waals surface area (Å²) in [6.45, 7) is 2.03. The minimum atomic E-state index is 0.0680. The van der Waals surface area contributed by atoms with Crippen molar-refractivity contribution in [3.05, 3.63) is 28.2 Å². The number of benzene rings is 1. The number of likely N-dealkylation sites (tertiary alicyclic amines) is 1. The number of hydrogen-bond donors (Lipinski definition) is 1. The molecular weight excluding hydrogens is 292 g/mol. The Kier molecular flexibility index (Phi) is 3.12. The van der Waals surface area contributed by atoms with E-state index in [0.717, 1.165) is 42.6 Å². The van der Waals surface area contributed by atoms with E-state index in [-0.39, 0.29) is 5.54 Å². The second kappa shape index (κ2) is 4.51. The van der Waals surface area contributed by atoms with Crippen molar-refractivity contribution in [2.24, 2.45) is 5.73 Å². The van der Waals surface area contributed by atoms with Crippen molar-refractivity contribution in [3.63, 3.8) is 0 Å². The largest absolute Gasteiger partial charge is 0.487 e. The minimum absolute atomic E-state index is 0.0680. The van der Waals surface area contributed by atoms with E-state index in [1.54, 1.807) is 0 Å². The summed E-state index contributed by atoms with van der Waals surface area (Å²) in [6.07, 6.45) is 3.61. The summed E-state index contributed by atoms with van der Waals surface area (Å²) in [5.41, 5.74) is 7.50. The van der Waals surface area contributed by atoms with Crippen LogP contribution in [0.3, 0.4) is 0 Å². The van der Waals surface area contributed by atoms with Crippen LogP contribution in [0.1, 0.15) is 18.4 Å². The molecule has 3 nitrogen and oxygen atoms in total. The number of likely N-dealkylation sites (N-methyl/N-ethyl adjacent to an activating group) is 1. The highest BCUT2D eigenvalue weighted by Gasteiger charge is 2.38. The van der Waals surface area contributed by atoms with Crippen molar-refractivity contribution in [1.82, 2.24) is 4.90 Å². The van der Waals surface area contributed by atoms with Gasteiger partial charge >= 0.3 is 0 Å². The van der Waals surface area contributed by atoms with E-state index in [0.29, 0.717) is 6.10 Å². The minimum Gasteiger partial charge on any atom is -0.487 e. The van der Waals surface area contributed by atoms with Crippen LogP contribution in [0, 0.1) is 0 Å². The molecule has 0 amide bonds. The monoisotopic (exact) mass is 310 g/mol. The standard InChI is InChI=1S/C14H19BrN2O/c1-17-8-11(9-17)18-13-3-2-10(6-12(13)15)7-14(16)4-5-14/h2-3,6,11H,4-5,7-9,16H2,1H3. The average Bonchev–Trinajstić information content (AvgIpc) is 2.97. The van der Waals surface area contributed by atoms with Crippen LogP contribution in [0.15, 0.2) is 22.7 Å². The third-order valence-electron chi connectivity index (χ3n) is 3.77. The fourth-order valence-corrected chi connectivity index (χ4v) is 2.91. The van der Waals surface area contributed by atoms with Crippen LogP contribution >= 0.6 is 15.9 Å². The van der Waals surface area contributed by atoms with Crippen LogP contribution in [0.2, 0.25) is 0 Å². The molecule has 4 heteroatoms. The highest BCUT2D eigenvalue weighted by Crippen LogP contribution is 2.37. The molecule has 1 saturated heterocycles. The number of rotatable bonds is 4. The maximum Gasteiger partial charge on any atom is 0.134 e. The van der Waals surface area contributed by atoms with Gasteiger partial charge in [-0.2, -0.15) is 0 Å². The van der Waals surface area contributed by atoms with Crippen LogP contribution in [0.5, 0.6) is 5.75 Å². The molecule has 0 radical (unpaired) electrons. The van der Waals surface area contributed by atoms with E-state index >= 15 is 0 Å². The van der Waals surface area contributed by atoms with Gasteiger partial charge in [0, 0.05) is 18.6 Å². The molecule has 2 aliphatic rings. The van der Waals surface area contributed by atoms with Crippen molar-refractivity contribution < 1.29 is 4.74 Å². The molecule has 0 aromatic heterocycles. The molecule has 1 saturated carbocycles. The Morgan fingerprint density at radius 1 is 1.44 bits per heavy atom. The lowest BCUT2D eigenvalue weighted by Crippen LogP contribution is -2.51. The summed E-state index contributed by atoms with van der Waals surface area (Å²) in [7, 11) is 2.11. The summed E-state index contributed by atoms with van der Waals surface area (Å²) in [5.74, 6) is 0.943. The van der Waals surface area contributed by atoms with Crippen molar-refractivity contribution >= 4 is 15.9 Å². The molecule has 0 unspecified atom stereocenters. The van der Waals surface area contributed by atoms with Gasteiger partial charge in [-0.15, -0.1) is 0 Å². The number of nitrogens with two attached hydrogens (primary N) is 1. The van der Waals surface area contributed by atoms with Gasteiger partial charge in [-0.25, -0.2) is 0 Å². The fraction of sp³-hybridized carbons (Fsp3) is 0.571. The first-order valence-corrected chi connectivity index (χ1v) is 7.26. The number of hydrogen-bond acceptors (Lipinski definition) is 3. The fourth-order valence-electron chi connectivity index (χ4n) is 2.39. The topological polar surface area (TPSA) is 38.5 Å². The van der Waals surface area contributed by atoms with Gasteiger partial charge in [-0.3, -0.25) is 4.90 Å². The Bertz CT molecular complexity index is 453. The van der Waals surface area contributed by atoms with Crippen LogP contribution in [-0.4, -0.2) is 36.7 Å². The van der Waals surface area contributed by atoms with Gasteiger partial charge in [0.05, 0.1) is 4.47 Å². The van der Waals surface area contributed by atoms with Gasteiger partial charge in [0.1, 0.15) is 11.9 Å². The Labute approximate surface area is 116 Å². The molecule has 1 heterocycles. The lowest BCUT2D eigenvalue weighted by atomic mass is 10.1. The van der Waals surface area contributed by atoms with Gasteiger partial charge in [0.15, 0.2) is 0 Å². The third-order valence-corrected chi connectivity index (χ3v) is 4.39. The number of nitrogens with zero attached hydrogens (tertiary/aromatic N) is 1. The third kappa shape index (κ3) is 2.71. The Morgan fingerprint density at radius 3 is 2.72 bits per heavy atom. The van der Waals surface area contributed by atoms with E-state index in [4.69, 9.17) is 10.5 Å². The van der Waals surface area contributed by atoms with Crippen LogP contribution in [-0.2, 0) is 6.42 Å². The molecule has 0 bridgehead atoms. The van der Waals surface area contributed by atoms with E-state index in [9.17, 15) is 0 Å². The highest BCUT2D eigenvalue weighted by atomic mass is 79.9. The van der Waals surface area contributed by atoms with Gasteiger partial charge in [-0.05, 0) is 59.9 Å². The van der Waals surface area contributed by atoms with Gasteiger partial charge in [0.25, 0.3) is 0 Å². The van der Waals surface area contributed by atoms with Crippen LogP contribution in [0.4, 0.5) is 0 Å². The normalized spacial score (nSPS) is 22.6. The molecule has 2 fully saturated rings. The summed E-state index contributed by atoms with van der Waals surface area (Å²) in [4.78, 5) is 2.25. The maximum absolute atomic E-state index is 6.14. The Balaban J connectivity index is 1.65. The van der Waals surface area contributed by atoms with Gasteiger partial charge < -0.3 is 10.5 Å². The van der Waals surface area contributed by atoms with E-state index in [2.05, 4.69) is 46.1 Å². The van der Waals surface area contributed by atoms with Gasteiger partial charge in [0.2, 0.25) is 0 Å². The van der Waals surface area contributed by atoms with E-state index < -0.39 is 0 Å². The molecule has 1 aliphatic heterocycles. The molecule has 0 spiro atoms. The zero-order valence-corrected chi connectivity index (χ0v) is 12.2. The second-order valence-corrected chi connectivity index (χ2v) is 6.62. The smallest absolute Gasteiger partial charge is 0.134 e. The molecule has 1 aromatic rings. The molecular formula is C14H19BrN2O. The molecule has 2 N–H and O–H groups in total. The molecule has 18 heavy (non-hydrogen) atoms. The Hall–Kier alpha value is -0.580. The molecule has 1 aromatic carbocycles. The van der Waals surface area contributed by atoms with Crippen LogP contribution < -0.4 is 10.5 Å². The van der Waals surface area contributed by atoms with Crippen molar-refractivity contribution in [1.29, 1.82) is 0 Å². The lowest BCUT2D eigenvalue weighted by molar-refractivity contribution is 0.0383. The SMILES string of the molecule is CN1CC(Oc2ccc(CC3(N)CC3)cc2Br)C1. The number of ether oxygens (including phenoxy) is 1. The van der Waals surface area contributed by atoms with Crippen LogP contribution in [0.25, 0.3) is 0 Å². The lowest BCUT2D eigenvalue weighted by Gasteiger charge is -2.36.